The predicted octanol–water partition coefficient (Wildman–Crippen LogP) is 5.59. The molecule has 0 radical (unpaired) electrons. The van der Waals surface area contributed by atoms with E-state index in [-0.39, 0.29) is 11.7 Å². The van der Waals surface area contributed by atoms with Crippen molar-refractivity contribution in [3.8, 4) is 11.5 Å². The third-order valence-corrected chi connectivity index (χ3v) is 4.11. The molecule has 0 aromatic heterocycles. The Balaban J connectivity index is 1.98. The van der Waals surface area contributed by atoms with Crippen molar-refractivity contribution in [2.45, 2.75) is 44.1 Å². The van der Waals surface area contributed by atoms with Crippen LogP contribution in [0, 0.1) is 0 Å². The number of hydrogen-bond acceptors (Lipinski definition) is 4. The summed E-state index contributed by atoms with van der Waals surface area (Å²) in [6.07, 6.45) is -5.58. The minimum Gasteiger partial charge on any atom is -0.457 e. The van der Waals surface area contributed by atoms with Gasteiger partial charge in [0.1, 0.15) is 17.0 Å². The van der Waals surface area contributed by atoms with E-state index in [0.717, 1.165) is 17.7 Å². The lowest BCUT2D eigenvalue weighted by molar-refractivity contribution is -0.137. The van der Waals surface area contributed by atoms with E-state index >= 15 is 0 Å². The topological polar surface area (TPSA) is 73.6 Å². The van der Waals surface area contributed by atoms with Crippen LogP contribution in [0.25, 0.3) is 0 Å². The molecule has 3 N–H and O–H groups in total. The second-order valence-electron chi connectivity index (χ2n) is 6.54. The van der Waals surface area contributed by atoms with Gasteiger partial charge in [-0.3, -0.25) is 5.73 Å². The zero-order chi connectivity index (χ0) is 21.6. The first-order valence-electron chi connectivity index (χ1n) is 8.86. The molecule has 0 bridgehead atoms. The van der Waals surface area contributed by atoms with Crippen molar-refractivity contribution in [3.05, 3.63) is 59.7 Å². The molecule has 29 heavy (non-hydrogen) atoms. The Morgan fingerprint density at radius 3 is 2.38 bits per heavy atom. The zero-order valence-electron chi connectivity index (χ0n) is 15.9. The maximum Gasteiger partial charge on any atom is 0.416 e. The highest BCUT2D eigenvalue weighted by molar-refractivity contribution is 6.20. The molecule has 0 aliphatic rings. The van der Waals surface area contributed by atoms with E-state index in [2.05, 4.69) is 5.32 Å². The highest BCUT2D eigenvalue weighted by Crippen LogP contribution is 2.32. The van der Waals surface area contributed by atoms with Gasteiger partial charge in [0.05, 0.1) is 5.56 Å². The van der Waals surface area contributed by atoms with Crippen LogP contribution in [-0.4, -0.2) is 17.8 Å². The molecule has 5 nitrogen and oxygen atoms in total. The quantitative estimate of drug-likeness (QED) is 0.341. The van der Waals surface area contributed by atoms with Crippen molar-refractivity contribution in [2.75, 3.05) is 0 Å². The van der Waals surface area contributed by atoms with E-state index in [1.165, 1.54) is 12.1 Å². The SMILES string of the molecule is CC(Cl)NC(=O)OC(N)CC(C)c1cccc(Oc2ccc(C(F)(F)F)cc2)c1. The molecule has 3 atom stereocenters. The van der Waals surface area contributed by atoms with Crippen LogP contribution >= 0.6 is 11.6 Å². The van der Waals surface area contributed by atoms with Crippen molar-refractivity contribution >= 4 is 17.7 Å². The first-order valence-corrected chi connectivity index (χ1v) is 9.30. The summed E-state index contributed by atoms with van der Waals surface area (Å²) in [5.74, 6) is 0.689. The van der Waals surface area contributed by atoms with Crippen LogP contribution in [0.5, 0.6) is 11.5 Å². The van der Waals surface area contributed by atoms with Gasteiger partial charge in [-0.2, -0.15) is 13.2 Å². The maximum atomic E-state index is 12.6. The van der Waals surface area contributed by atoms with Gasteiger partial charge < -0.3 is 14.8 Å². The Labute approximate surface area is 171 Å². The Morgan fingerprint density at radius 1 is 1.14 bits per heavy atom. The lowest BCUT2D eigenvalue weighted by atomic mass is 9.97. The van der Waals surface area contributed by atoms with Crippen molar-refractivity contribution in [2.24, 2.45) is 5.73 Å². The second kappa shape index (κ2) is 9.84. The van der Waals surface area contributed by atoms with Crippen LogP contribution in [0.4, 0.5) is 18.0 Å². The number of benzene rings is 2. The first kappa shape index (κ1) is 22.8. The predicted molar refractivity (Wildman–Crippen MR) is 104 cm³/mol. The summed E-state index contributed by atoms with van der Waals surface area (Å²) < 4.78 is 48.6. The molecule has 0 saturated heterocycles. The summed E-state index contributed by atoms with van der Waals surface area (Å²) in [6, 6.07) is 11.5. The molecule has 158 valence electrons. The fourth-order valence-corrected chi connectivity index (χ4v) is 2.69. The molecule has 9 heteroatoms. The molecule has 2 aromatic rings. The number of alkyl halides is 4. The van der Waals surface area contributed by atoms with Crippen molar-refractivity contribution in [3.63, 3.8) is 0 Å². The fraction of sp³-hybridized carbons (Fsp3) is 0.350. The molecule has 0 saturated carbocycles. The molecule has 0 aliphatic carbocycles. The molecule has 1 amide bonds. The molecule has 0 fully saturated rings. The number of amides is 1. The largest absolute Gasteiger partial charge is 0.457 e. The van der Waals surface area contributed by atoms with Crippen LogP contribution in [-0.2, 0) is 10.9 Å². The highest BCUT2D eigenvalue weighted by Gasteiger charge is 2.30. The third-order valence-electron chi connectivity index (χ3n) is 4.01. The molecule has 2 rings (SSSR count). The van der Waals surface area contributed by atoms with Gasteiger partial charge in [0.25, 0.3) is 0 Å². The maximum absolute atomic E-state index is 12.6. The Bertz CT molecular complexity index is 813. The van der Waals surface area contributed by atoms with Crippen molar-refractivity contribution in [1.82, 2.24) is 5.32 Å². The molecule has 3 unspecified atom stereocenters. The normalized spacial score (nSPS) is 14.6. The zero-order valence-corrected chi connectivity index (χ0v) is 16.6. The summed E-state index contributed by atoms with van der Waals surface area (Å²) in [4.78, 5) is 11.5. The number of alkyl carbamates (subject to hydrolysis) is 1. The number of nitrogens with two attached hydrogens (primary N) is 1. The summed E-state index contributed by atoms with van der Waals surface area (Å²) in [6.45, 7) is 3.49. The van der Waals surface area contributed by atoms with Crippen LogP contribution < -0.4 is 15.8 Å². The number of ether oxygens (including phenoxy) is 2. The number of hydrogen-bond donors (Lipinski definition) is 2. The standard InChI is InChI=1S/C20H22ClF3N2O3/c1-12(10-18(25)29-19(27)26-13(2)21)14-4-3-5-17(11-14)28-16-8-6-15(7-9-16)20(22,23)24/h3-9,11-13,18H,10,25H2,1-2H3,(H,26,27). The molecule has 0 aliphatic heterocycles. The summed E-state index contributed by atoms with van der Waals surface area (Å²) in [5.41, 5.74) is 5.41. The summed E-state index contributed by atoms with van der Waals surface area (Å²) in [5, 5.41) is 2.37. The average Bonchev–Trinajstić information content (AvgIpc) is 2.60. The van der Waals surface area contributed by atoms with Crippen molar-refractivity contribution in [1.29, 1.82) is 0 Å². The fourth-order valence-electron chi connectivity index (χ4n) is 2.60. The van der Waals surface area contributed by atoms with E-state index in [4.69, 9.17) is 26.8 Å². The average molecular weight is 431 g/mol. The van der Waals surface area contributed by atoms with Gasteiger partial charge in [0, 0.05) is 6.42 Å². The van der Waals surface area contributed by atoms with Crippen LogP contribution in [0.3, 0.4) is 0 Å². The Hall–Kier alpha value is -2.45. The van der Waals surface area contributed by atoms with Gasteiger partial charge in [-0.1, -0.05) is 30.7 Å². The first-order chi connectivity index (χ1) is 13.5. The molecule has 0 spiro atoms. The van der Waals surface area contributed by atoms with Gasteiger partial charge in [-0.25, -0.2) is 4.79 Å². The Kier molecular flexibility index (Phi) is 7.75. The number of rotatable bonds is 7. The summed E-state index contributed by atoms with van der Waals surface area (Å²) >= 11 is 5.65. The highest BCUT2D eigenvalue weighted by atomic mass is 35.5. The number of nitrogens with one attached hydrogen (secondary N) is 1. The smallest absolute Gasteiger partial charge is 0.416 e. The Morgan fingerprint density at radius 2 is 1.79 bits per heavy atom. The molecular formula is C20H22ClF3N2O3. The van der Waals surface area contributed by atoms with Crippen LogP contribution in [0.2, 0.25) is 0 Å². The lowest BCUT2D eigenvalue weighted by Gasteiger charge is -2.19. The minimum atomic E-state index is -4.40. The van der Waals surface area contributed by atoms with Crippen LogP contribution in [0.15, 0.2) is 48.5 Å². The van der Waals surface area contributed by atoms with Gasteiger partial charge in [-0.15, -0.1) is 0 Å². The second-order valence-corrected chi connectivity index (χ2v) is 7.19. The monoisotopic (exact) mass is 430 g/mol. The van der Waals surface area contributed by atoms with Gasteiger partial charge >= 0.3 is 12.3 Å². The van der Waals surface area contributed by atoms with E-state index in [1.54, 1.807) is 25.1 Å². The van der Waals surface area contributed by atoms with Gasteiger partial charge in [0.2, 0.25) is 0 Å². The third kappa shape index (κ3) is 7.47. The molecule has 2 aromatic carbocycles. The summed E-state index contributed by atoms with van der Waals surface area (Å²) in [7, 11) is 0. The van der Waals surface area contributed by atoms with Crippen molar-refractivity contribution < 1.29 is 27.4 Å². The number of carbonyl (C=O) groups excluding carboxylic acids is 1. The van der Waals surface area contributed by atoms with Crippen LogP contribution in [0.1, 0.15) is 37.3 Å². The molecule has 0 heterocycles. The number of halogens is 4. The lowest BCUT2D eigenvalue weighted by Crippen LogP contribution is -2.36. The van der Waals surface area contributed by atoms with Gasteiger partial charge in [0.15, 0.2) is 6.23 Å². The van der Waals surface area contributed by atoms with E-state index in [9.17, 15) is 18.0 Å². The van der Waals surface area contributed by atoms with E-state index in [0.29, 0.717) is 12.2 Å². The van der Waals surface area contributed by atoms with Gasteiger partial charge in [-0.05, 0) is 54.8 Å². The number of carbonyl (C=O) groups is 1. The van der Waals surface area contributed by atoms with E-state index in [1.807, 2.05) is 13.0 Å². The minimum absolute atomic E-state index is 0.0672. The molecular weight excluding hydrogens is 409 g/mol. The van der Waals surface area contributed by atoms with E-state index < -0.39 is 29.6 Å².